The molecule has 2 amide bonds. The molecule has 0 saturated carbocycles. The first-order valence-corrected chi connectivity index (χ1v) is 6.31. The zero-order valence-corrected chi connectivity index (χ0v) is 12.5. The summed E-state index contributed by atoms with van der Waals surface area (Å²) >= 11 is 0. The van der Waals surface area contributed by atoms with E-state index in [1.54, 1.807) is 0 Å². The number of nitrogens with two attached hydrogens (primary N) is 2. The van der Waals surface area contributed by atoms with Crippen molar-refractivity contribution in [3.63, 3.8) is 0 Å². The third kappa shape index (κ3) is 5.59. The molecule has 0 aliphatic heterocycles. The maximum absolute atomic E-state index is 11.8. The van der Waals surface area contributed by atoms with Gasteiger partial charge < -0.3 is 16.8 Å². The van der Waals surface area contributed by atoms with E-state index in [4.69, 9.17) is 11.5 Å². The fourth-order valence-corrected chi connectivity index (χ4v) is 1.64. The number of benzene rings is 1. The van der Waals surface area contributed by atoms with Crippen LogP contribution in [-0.4, -0.2) is 23.9 Å². The van der Waals surface area contributed by atoms with Crippen molar-refractivity contribution in [3.05, 3.63) is 35.9 Å². The molecule has 0 unspecified atom stereocenters. The van der Waals surface area contributed by atoms with Crippen molar-refractivity contribution >= 4 is 24.2 Å². The van der Waals surface area contributed by atoms with Gasteiger partial charge in [-0.05, 0) is 11.5 Å². The van der Waals surface area contributed by atoms with Crippen LogP contribution in [0.2, 0.25) is 0 Å². The zero-order chi connectivity index (χ0) is 14.4. The summed E-state index contributed by atoms with van der Waals surface area (Å²) < 4.78 is 0. The maximum atomic E-state index is 11.8. The summed E-state index contributed by atoms with van der Waals surface area (Å²) in [7, 11) is 0. The maximum Gasteiger partial charge on any atom is 0.240 e. The van der Waals surface area contributed by atoms with E-state index in [2.05, 4.69) is 5.32 Å². The van der Waals surface area contributed by atoms with Crippen molar-refractivity contribution in [2.45, 2.75) is 32.4 Å². The fraction of sp³-hybridized carbons (Fsp3) is 0.429. The van der Waals surface area contributed by atoms with Gasteiger partial charge in [0, 0.05) is 6.42 Å². The van der Waals surface area contributed by atoms with Crippen LogP contribution in [0.1, 0.15) is 19.4 Å². The Kier molecular flexibility index (Phi) is 7.87. The molecular formula is C14H22ClN3O2. The van der Waals surface area contributed by atoms with Gasteiger partial charge in [-0.2, -0.15) is 0 Å². The van der Waals surface area contributed by atoms with Crippen LogP contribution in [0, 0.1) is 5.92 Å². The molecule has 0 spiro atoms. The standard InChI is InChI=1S/C14H21N3O2.ClH/c1-9(2)12(15)14(19)17-11(13(16)18)8-10-6-4-3-5-7-10;/h3-7,9,11-12H,8,15H2,1-2H3,(H2,16,18)(H,17,19);1H/t11-,12-;/m0./s1. The first kappa shape index (κ1) is 18.4. The minimum atomic E-state index is -0.736. The second-order valence-corrected chi connectivity index (χ2v) is 4.92. The van der Waals surface area contributed by atoms with Crippen LogP contribution in [0.5, 0.6) is 0 Å². The third-order valence-electron chi connectivity index (χ3n) is 2.96. The minimum absolute atomic E-state index is 0. The largest absolute Gasteiger partial charge is 0.368 e. The van der Waals surface area contributed by atoms with Crippen LogP contribution in [0.15, 0.2) is 30.3 Å². The Morgan fingerprint density at radius 3 is 2.20 bits per heavy atom. The average molecular weight is 300 g/mol. The number of carbonyl (C=O) groups is 2. The normalized spacial score (nSPS) is 13.2. The van der Waals surface area contributed by atoms with E-state index in [1.165, 1.54) is 0 Å². The molecule has 1 rings (SSSR count). The van der Waals surface area contributed by atoms with Gasteiger partial charge in [0.05, 0.1) is 6.04 Å². The highest BCUT2D eigenvalue weighted by Crippen LogP contribution is 2.04. The second kappa shape index (κ2) is 8.55. The number of nitrogens with one attached hydrogen (secondary N) is 1. The predicted octanol–water partition coefficient (Wildman–Crippen LogP) is 0.604. The summed E-state index contributed by atoms with van der Waals surface area (Å²) in [5, 5.41) is 2.61. The summed E-state index contributed by atoms with van der Waals surface area (Å²) in [5.74, 6) is -0.909. The molecule has 112 valence electrons. The first-order valence-electron chi connectivity index (χ1n) is 6.31. The molecule has 2 atom stereocenters. The molecule has 0 heterocycles. The van der Waals surface area contributed by atoms with E-state index < -0.39 is 18.0 Å². The molecule has 20 heavy (non-hydrogen) atoms. The molecule has 1 aromatic carbocycles. The zero-order valence-electron chi connectivity index (χ0n) is 11.7. The quantitative estimate of drug-likeness (QED) is 0.717. The van der Waals surface area contributed by atoms with Gasteiger partial charge in [0.15, 0.2) is 0 Å². The number of rotatable bonds is 6. The number of halogens is 1. The lowest BCUT2D eigenvalue weighted by Gasteiger charge is -2.20. The van der Waals surface area contributed by atoms with Gasteiger partial charge in [-0.3, -0.25) is 9.59 Å². The molecule has 1 aromatic rings. The molecule has 0 fully saturated rings. The van der Waals surface area contributed by atoms with Crippen LogP contribution in [0.25, 0.3) is 0 Å². The van der Waals surface area contributed by atoms with E-state index in [9.17, 15) is 9.59 Å². The summed E-state index contributed by atoms with van der Waals surface area (Å²) in [4.78, 5) is 23.2. The number of primary amides is 1. The van der Waals surface area contributed by atoms with Gasteiger partial charge in [-0.15, -0.1) is 12.4 Å². The Balaban J connectivity index is 0.00000361. The van der Waals surface area contributed by atoms with Gasteiger partial charge in [0.25, 0.3) is 0 Å². The van der Waals surface area contributed by atoms with E-state index >= 15 is 0 Å². The summed E-state index contributed by atoms with van der Waals surface area (Å²) in [6, 6.07) is 8.01. The van der Waals surface area contributed by atoms with Gasteiger partial charge in [0.2, 0.25) is 11.8 Å². The van der Waals surface area contributed by atoms with Crippen LogP contribution >= 0.6 is 12.4 Å². The van der Waals surface area contributed by atoms with Crippen LogP contribution < -0.4 is 16.8 Å². The number of carbonyl (C=O) groups excluding carboxylic acids is 2. The number of hydrogen-bond donors (Lipinski definition) is 3. The van der Waals surface area contributed by atoms with Crippen LogP contribution in [0.3, 0.4) is 0 Å². The molecule has 0 aliphatic rings. The minimum Gasteiger partial charge on any atom is -0.368 e. The van der Waals surface area contributed by atoms with Crippen LogP contribution in [-0.2, 0) is 16.0 Å². The summed E-state index contributed by atoms with van der Waals surface area (Å²) in [6.07, 6.45) is 0.368. The molecule has 0 aromatic heterocycles. The Morgan fingerprint density at radius 2 is 1.75 bits per heavy atom. The van der Waals surface area contributed by atoms with E-state index in [0.717, 1.165) is 5.56 Å². The lowest BCUT2D eigenvalue weighted by atomic mass is 10.0. The van der Waals surface area contributed by atoms with Crippen molar-refractivity contribution in [1.29, 1.82) is 0 Å². The summed E-state index contributed by atoms with van der Waals surface area (Å²) in [6.45, 7) is 3.70. The topological polar surface area (TPSA) is 98.2 Å². The molecule has 6 heteroatoms. The second-order valence-electron chi connectivity index (χ2n) is 4.92. The third-order valence-corrected chi connectivity index (χ3v) is 2.96. The van der Waals surface area contributed by atoms with Crippen molar-refractivity contribution < 1.29 is 9.59 Å². The Hall–Kier alpha value is -1.59. The van der Waals surface area contributed by atoms with Gasteiger partial charge in [-0.25, -0.2) is 0 Å². The van der Waals surface area contributed by atoms with Crippen molar-refractivity contribution in [1.82, 2.24) is 5.32 Å². The van der Waals surface area contributed by atoms with E-state index in [-0.39, 0.29) is 24.2 Å². The highest BCUT2D eigenvalue weighted by atomic mass is 35.5. The smallest absolute Gasteiger partial charge is 0.240 e. The van der Waals surface area contributed by atoms with Gasteiger partial charge in [-0.1, -0.05) is 44.2 Å². The van der Waals surface area contributed by atoms with Crippen molar-refractivity contribution in [3.8, 4) is 0 Å². The monoisotopic (exact) mass is 299 g/mol. The molecule has 5 nitrogen and oxygen atoms in total. The fourth-order valence-electron chi connectivity index (χ4n) is 1.64. The Morgan fingerprint density at radius 1 is 1.20 bits per heavy atom. The highest BCUT2D eigenvalue weighted by molar-refractivity contribution is 5.89. The molecule has 0 saturated heterocycles. The number of hydrogen-bond acceptors (Lipinski definition) is 3. The van der Waals surface area contributed by atoms with Gasteiger partial charge in [0.1, 0.15) is 6.04 Å². The SMILES string of the molecule is CC(C)[C@H](N)C(=O)N[C@@H](Cc1ccccc1)C(N)=O.Cl. The molecule has 0 bridgehead atoms. The Bertz CT molecular complexity index is 437. The number of amides is 2. The van der Waals surface area contributed by atoms with Gasteiger partial charge >= 0.3 is 0 Å². The molecule has 0 aliphatic carbocycles. The lowest BCUT2D eigenvalue weighted by molar-refractivity contribution is -0.128. The lowest BCUT2D eigenvalue weighted by Crippen LogP contribution is -2.52. The first-order chi connectivity index (χ1) is 8.91. The molecule has 5 N–H and O–H groups in total. The Labute approximate surface area is 125 Å². The van der Waals surface area contributed by atoms with E-state index in [1.807, 2.05) is 44.2 Å². The average Bonchev–Trinajstić information content (AvgIpc) is 2.37. The van der Waals surface area contributed by atoms with Crippen molar-refractivity contribution in [2.24, 2.45) is 17.4 Å². The summed E-state index contributed by atoms with van der Waals surface area (Å²) in [5.41, 5.74) is 12.0. The van der Waals surface area contributed by atoms with Crippen molar-refractivity contribution in [2.75, 3.05) is 0 Å². The predicted molar refractivity (Wildman–Crippen MR) is 81.3 cm³/mol. The van der Waals surface area contributed by atoms with Crippen LogP contribution in [0.4, 0.5) is 0 Å². The molecular weight excluding hydrogens is 278 g/mol. The highest BCUT2D eigenvalue weighted by Gasteiger charge is 2.23. The molecule has 0 radical (unpaired) electrons. The van der Waals surface area contributed by atoms with E-state index in [0.29, 0.717) is 6.42 Å².